The zero-order chi connectivity index (χ0) is 16.8. The molecule has 0 saturated carbocycles. The van der Waals surface area contributed by atoms with E-state index < -0.39 is 5.97 Å². The Hall–Kier alpha value is -2.56. The highest BCUT2D eigenvalue weighted by Crippen LogP contribution is 2.22. The van der Waals surface area contributed by atoms with Crippen molar-refractivity contribution in [1.29, 1.82) is 0 Å². The van der Waals surface area contributed by atoms with Crippen LogP contribution in [0.25, 0.3) is 0 Å². The number of rotatable bonds is 7. The van der Waals surface area contributed by atoms with Gasteiger partial charge in [0.15, 0.2) is 5.76 Å². The van der Waals surface area contributed by atoms with Gasteiger partial charge in [0.2, 0.25) is 5.76 Å². The van der Waals surface area contributed by atoms with Crippen molar-refractivity contribution in [2.75, 3.05) is 13.1 Å². The zero-order valence-corrected chi connectivity index (χ0v) is 13.4. The Morgan fingerprint density at radius 1 is 1.09 bits per heavy atom. The standard InChI is InChI=1S/C18H21NO4/c1-3-13(14-8-6-5-7-9-14)12-19(4-2)17(20)15-10-11-16(23-15)18(21)22/h5-11,13H,3-4,12H2,1-2H3,(H,21,22). The lowest BCUT2D eigenvalue weighted by atomic mass is 9.96. The molecule has 0 saturated heterocycles. The van der Waals surface area contributed by atoms with E-state index in [-0.39, 0.29) is 23.3 Å². The molecule has 0 spiro atoms. The molecular weight excluding hydrogens is 294 g/mol. The fraction of sp³-hybridized carbons (Fsp3) is 0.333. The van der Waals surface area contributed by atoms with Crippen molar-refractivity contribution in [1.82, 2.24) is 4.90 Å². The minimum absolute atomic E-state index is 0.0622. The molecular formula is C18H21NO4. The number of nitrogens with zero attached hydrogens (tertiary/aromatic N) is 1. The fourth-order valence-corrected chi connectivity index (χ4v) is 2.54. The second-order valence-corrected chi connectivity index (χ2v) is 5.33. The first kappa shape index (κ1) is 16.8. The van der Waals surface area contributed by atoms with Crippen molar-refractivity contribution in [3.63, 3.8) is 0 Å². The first-order valence-electron chi connectivity index (χ1n) is 7.74. The van der Waals surface area contributed by atoms with E-state index >= 15 is 0 Å². The molecule has 1 N–H and O–H groups in total. The van der Waals surface area contributed by atoms with Crippen LogP contribution >= 0.6 is 0 Å². The van der Waals surface area contributed by atoms with E-state index in [0.29, 0.717) is 13.1 Å². The van der Waals surface area contributed by atoms with Crippen LogP contribution in [0.1, 0.15) is 52.9 Å². The zero-order valence-electron chi connectivity index (χ0n) is 13.4. The van der Waals surface area contributed by atoms with Gasteiger partial charge in [-0.15, -0.1) is 0 Å². The summed E-state index contributed by atoms with van der Waals surface area (Å²) >= 11 is 0. The largest absolute Gasteiger partial charge is 0.475 e. The Balaban J connectivity index is 2.14. The molecule has 0 aliphatic carbocycles. The molecule has 0 radical (unpaired) electrons. The van der Waals surface area contributed by atoms with Crippen molar-refractivity contribution in [3.05, 3.63) is 59.5 Å². The van der Waals surface area contributed by atoms with Crippen LogP contribution in [-0.4, -0.2) is 35.0 Å². The molecule has 1 atom stereocenters. The van der Waals surface area contributed by atoms with Gasteiger partial charge in [-0.05, 0) is 31.0 Å². The average molecular weight is 315 g/mol. The number of carboxylic acid groups (broad SMARTS) is 1. The van der Waals surface area contributed by atoms with Crippen LogP contribution in [0.3, 0.4) is 0 Å². The van der Waals surface area contributed by atoms with Gasteiger partial charge in [-0.2, -0.15) is 0 Å². The highest BCUT2D eigenvalue weighted by Gasteiger charge is 2.22. The predicted octanol–water partition coefficient (Wildman–Crippen LogP) is 3.63. The summed E-state index contributed by atoms with van der Waals surface area (Å²) < 4.78 is 5.12. The van der Waals surface area contributed by atoms with Crippen LogP contribution in [-0.2, 0) is 0 Å². The molecule has 0 aliphatic rings. The maximum Gasteiger partial charge on any atom is 0.371 e. The maximum absolute atomic E-state index is 12.5. The summed E-state index contributed by atoms with van der Waals surface area (Å²) in [5.74, 6) is -1.39. The molecule has 2 rings (SSSR count). The fourth-order valence-electron chi connectivity index (χ4n) is 2.54. The minimum Gasteiger partial charge on any atom is -0.475 e. The van der Waals surface area contributed by atoms with Crippen LogP contribution in [0.2, 0.25) is 0 Å². The lowest BCUT2D eigenvalue weighted by molar-refractivity contribution is 0.0649. The van der Waals surface area contributed by atoms with Gasteiger partial charge in [0.05, 0.1) is 0 Å². The molecule has 0 aliphatic heterocycles. The molecule has 2 aromatic rings. The number of benzene rings is 1. The van der Waals surface area contributed by atoms with Gasteiger partial charge in [0, 0.05) is 19.0 Å². The predicted molar refractivity (Wildman–Crippen MR) is 86.7 cm³/mol. The molecule has 1 amide bonds. The SMILES string of the molecule is CCC(CN(CC)C(=O)c1ccc(C(=O)O)o1)c1ccccc1. The van der Waals surface area contributed by atoms with Gasteiger partial charge < -0.3 is 14.4 Å². The number of carbonyl (C=O) groups is 2. The van der Waals surface area contributed by atoms with Gasteiger partial charge in [-0.25, -0.2) is 4.79 Å². The van der Waals surface area contributed by atoms with Gasteiger partial charge >= 0.3 is 5.97 Å². The van der Waals surface area contributed by atoms with E-state index in [0.717, 1.165) is 6.42 Å². The van der Waals surface area contributed by atoms with Crippen LogP contribution in [0.5, 0.6) is 0 Å². The third-order valence-electron chi connectivity index (χ3n) is 3.90. The number of amides is 1. The van der Waals surface area contributed by atoms with Gasteiger partial charge in [-0.1, -0.05) is 37.3 Å². The summed E-state index contributed by atoms with van der Waals surface area (Å²) in [6.07, 6.45) is 0.909. The summed E-state index contributed by atoms with van der Waals surface area (Å²) in [7, 11) is 0. The number of likely N-dealkylation sites (N-methyl/N-ethyl adjacent to an activating group) is 1. The van der Waals surface area contributed by atoms with Crippen molar-refractivity contribution < 1.29 is 19.1 Å². The highest BCUT2D eigenvalue weighted by molar-refractivity contribution is 5.93. The highest BCUT2D eigenvalue weighted by atomic mass is 16.4. The first-order chi connectivity index (χ1) is 11.1. The number of carbonyl (C=O) groups excluding carboxylic acids is 1. The van der Waals surface area contributed by atoms with Gasteiger partial charge in [0.25, 0.3) is 5.91 Å². The lowest BCUT2D eigenvalue weighted by Gasteiger charge is -2.25. The quantitative estimate of drug-likeness (QED) is 0.847. The molecule has 1 aromatic carbocycles. The molecule has 0 fully saturated rings. The molecule has 122 valence electrons. The molecule has 0 bridgehead atoms. The number of carboxylic acids is 1. The van der Waals surface area contributed by atoms with Crippen LogP contribution in [0.15, 0.2) is 46.9 Å². The third kappa shape index (κ3) is 4.00. The van der Waals surface area contributed by atoms with E-state index in [1.165, 1.54) is 17.7 Å². The van der Waals surface area contributed by atoms with Crippen molar-refractivity contribution in [2.45, 2.75) is 26.2 Å². The van der Waals surface area contributed by atoms with Crippen molar-refractivity contribution in [3.8, 4) is 0 Å². The number of furan rings is 1. The lowest BCUT2D eigenvalue weighted by Crippen LogP contribution is -2.34. The summed E-state index contributed by atoms with van der Waals surface area (Å²) in [5, 5.41) is 8.89. The molecule has 1 aromatic heterocycles. The van der Waals surface area contributed by atoms with Gasteiger partial charge in [-0.3, -0.25) is 4.79 Å². The Kier molecular flexibility index (Phi) is 5.57. The van der Waals surface area contributed by atoms with E-state index in [2.05, 4.69) is 19.1 Å². The van der Waals surface area contributed by atoms with E-state index in [1.807, 2.05) is 25.1 Å². The topological polar surface area (TPSA) is 70.8 Å². The summed E-state index contributed by atoms with van der Waals surface area (Å²) in [6.45, 7) is 5.09. The Morgan fingerprint density at radius 3 is 2.26 bits per heavy atom. The maximum atomic E-state index is 12.5. The van der Waals surface area contributed by atoms with Crippen molar-refractivity contribution in [2.24, 2.45) is 0 Å². The van der Waals surface area contributed by atoms with Gasteiger partial charge in [0.1, 0.15) is 0 Å². The van der Waals surface area contributed by atoms with E-state index in [9.17, 15) is 9.59 Å². The molecule has 5 nitrogen and oxygen atoms in total. The summed E-state index contributed by atoms with van der Waals surface area (Å²) in [5.41, 5.74) is 1.19. The Morgan fingerprint density at radius 2 is 1.74 bits per heavy atom. The van der Waals surface area contributed by atoms with Crippen LogP contribution < -0.4 is 0 Å². The number of hydrogen-bond acceptors (Lipinski definition) is 3. The molecule has 5 heteroatoms. The summed E-state index contributed by atoms with van der Waals surface area (Å²) in [6, 6.07) is 12.8. The average Bonchev–Trinajstić information content (AvgIpc) is 3.06. The second kappa shape index (κ2) is 7.63. The van der Waals surface area contributed by atoms with E-state index in [1.54, 1.807) is 4.90 Å². The second-order valence-electron chi connectivity index (χ2n) is 5.33. The minimum atomic E-state index is -1.18. The molecule has 23 heavy (non-hydrogen) atoms. The molecule has 1 heterocycles. The Labute approximate surface area is 135 Å². The Bertz CT molecular complexity index is 663. The van der Waals surface area contributed by atoms with E-state index in [4.69, 9.17) is 9.52 Å². The van der Waals surface area contributed by atoms with Crippen molar-refractivity contribution >= 4 is 11.9 Å². The van der Waals surface area contributed by atoms with Crippen LogP contribution in [0, 0.1) is 0 Å². The number of hydrogen-bond donors (Lipinski definition) is 1. The molecule has 1 unspecified atom stereocenters. The van der Waals surface area contributed by atoms with Crippen LogP contribution in [0.4, 0.5) is 0 Å². The summed E-state index contributed by atoms with van der Waals surface area (Å²) in [4.78, 5) is 25.1. The normalized spacial score (nSPS) is 11.9. The first-order valence-corrected chi connectivity index (χ1v) is 7.74. The monoisotopic (exact) mass is 315 g/mol. The smallest absolute Gasteiger partial charge is 0.371 e. The number of aromatic carboxylic acids is 1. The third-order valence-corrected chi connectivity index (χ3v) is 3.90.